The Morgan fingerprint density at radius 1 is 1.44 bits per heavy atom. The van der Waals surface area contributed by atoms with Gasteiger partial charge in [-0.2, -0.15) is 0 Å². The first-order valence-corrected chi connectivity index (χ1v) is 7.33. The van der Waals surface area contributed by atoms with Crippen LogP contribution in [0.2, 0.25) is 0 Å². The van der Waals surface area contributed by atoms with E-state index in [0.717, 1.165) is 12.3 Å². The molecule has 1 aliphatic rings. The Balaban J connectivity index is 2.20. The van der Waals surface area contributed by atoms with E-state index in [4.69, 9.17) is 5.11 Å². The molecule has 106 valence electrons. The fourth-order valence-electron chi connectivity index (χ4n) is 2.68. The van der Waals surface area contributed by atoms with Crippen molar-refractivity contribution in [2.24, 2.45) is 5.92 Å². The molecule has 1 rings (SSSR count). The van der Waals surface area contributed by atoms with Gasteiger partial charge in [-0.05, 0) is 32.6 Å². The van der Waals surface area contributed by atoms with Gasteiger partial charge in [0.2, 0.25) is 0 Å². The van der Waals surface area contributed by atoms with Crippen LogP contribution in [-0.4, -0.2) is 41.8 Å². The van der Waals surface area contributed by atoms with Crippen LogP contribution in [0.25, 0.3) is 0 Å². The summed E-state index contributed by atoms with van der Waals surface area (Å²) < 4.78 is 0. The number of nitrogens with zero attached hydrogens (tertiary/aromatic N) is 1. The Morgan fingerprint density at radius 2 is 2.11 bits per heavy atom. The van der Waals surface area contributed by atoms with Crippen LogP contribution < -0.4 is 5.32 Å². The lowest BCUT2D eigenvalue weighted by Gasteiger charge is -2.23. The number of carbonyl (C=O) groups excluding carboxylic acids is 1. The summed E-state index contributed by atoms with van der Waals surface area (Å²) in [5.41, 5.74) is 0. The molecular weight excluding hydrogens is 228 g/mol. The lowest BCUT2D eigenvalue weighted by Crippen LogP contribution is -2.45. The van der Waals surface area contributed by atoms with Gasteiger partial charge in [-0.1, -0.05) is 25.7 Å². The first kappa shape index (κ1) is 15.3. The highest BCUT2D eigenvalue weighted by Gasteiger charge is 2.17. The van der Waals surface area contributed by atoms with Crippen molar-refractivity contribution in [1.82, 2.24) is 10.2 Å². The summed E-state index contributed by atoms with van der Waals surface area (Å²) in [4.78, 5) is 13.5. The van der Waals surface area contributed by atoms with E-state index in [9.17, 15) is 4.79 Å². The van der Waals surface area contributed by atoms with Crippen LogP contribution in [0.3, 0.4) is 0 Å². The molecule has 1 unspecified atom stereocenters. The molecule has 0 aromatic carbocycles. The summed E-state index contributed by atoms with van der Waals surface area (Å²) in [6.07, 6.45) is 7.79. The quantitative estimate of drug-likeness (QED) is 0.734. The number of aliphatic hydroxyl groups is 1. The molecule has 0 aliphatic heterocycles. The number of nitrogens with one attached hydrogen (secondary N) is 1. The van der Waals surface area contributed by atoms with Crippen LogP contribution in [0.1, 0.15) is 52.4 Å². The Labute approximate surface area is 111 Å². The molecule has 1 aliphatic carbocycles. The molecule has 2 N–H and O–H groups in total. The third kappa shape index (κ3) is 5.25. The van der Waals surface area contributed by atoms with Gasteiger partial charge < -0.3 is 15.3 Å². The number of rotatable bonds is 7. The molecule has 1 fully saturated rings. The molecule has 0 radical (unpaired) electrons. The zero-order valence-corrected chi connectivity index (χ0v) is 11.8. The zero-order valence-electron chi connectivity index (χ0n) is 11.8. The maximum Gasteiger partial charge on any atom is 0.317 e. The fourth-order valence-corrected chi connectivity index (χ4v) is 2.68. The highest BCUT2D eigenvalue weighted by molar-refractivity contribution is 5.74. The predicted octanol–water partition coefficient (Wildman–Crippen LogP) is 2.37. The van der Waals surface area contributed by atoms with Crippen LogP contribution in [0, 0.1) is 5.92 Å². The second-order valence-corrected chi connectivity index (χ2v) is 5.38. The van der Waals surface area contributed by atoms with Crippen LogP contribution in [0.4, 0.5) is 4.79 Å². The average molecular weight is 256 g/mol. The molecule has 18 heavy (non-hydrogen) atoms. The van der Waals surface area contributed by atoms with Gasteiger partial charge in [0.1, 0.15) is 0 Å². The third-order valence-electron chi connectivity index (χ3n) is 3.89. The third-order valence-corrected chi connectivity index (χ3v) is 3.89. The molecule has 0 aromatic rings. The first-order chi connectivity index (χ1) is 8.67. The second kappa shape index (κ2) is 8.35. The van der Waals surface area contributed by atoms with Crippen molar-refractivity contribution in [1.29, 1.82) is 0 Å². The van der Waals surface area contributed by atoms with Crippen molar-refractivity contribution < 1.29 is 9.90 Å². The Bertz CT molecular complexity index is 240. The van der Waals surface area contributed by atoms with Gasteiger partial charge in [-0.25, -0.2) is 4.79 Å². The van der Waals surface area contributed by atoms with Crippen molar-refractivity contribution in [3.63, 3.8) is 0 Å². The Morgan fingerprint density at radius 3 is 2.67 bits per heavy atom. The smallest absolute Gasteiger partial charge is 0.317 e. The van der Waals surface area contributed by atoms with E-state index in [1.165, 1.54) is 32.1 Å². The normalized spacial score (nSPS) is 17.7. The summed E-state index contributed by atoms with van der Waals surface area (Å²) in [6, 6.07) is 0.177. The minimum atomic E-state index is -0.0505. The number of hydrogen-bond acceptors (Lipinski definition) is 2. The largest absolute Gasteiger partial charge is 0.395 e. The van der Waals surface area contributed by atoms with Crippen LogP contribution in [0.15, 0.2) is 0 Å². The maximum absolute atomic E-state index is 11.9. The molecule has 0 spiro atoms. The van der Waals surface area contributed by atoms with E-state index >= 15 is 0 Å². The maximum atomic E-state index is 11.9. The molecule has 0 saturated heterocycles. The highest BCUT2D eigenvalue weighted by Crippen LogP contribution is 2.28. The van der Waals surface area contributed by atoms with E-state index in [0.29, 0.717) is 13.1 Å². The number of hydrogen-bond donors (Lipinski definition) is 2. The van der Waals surface area contributed by atoms with Crippen LogP contribution in [-0.2, 0) is 0 Å². The lowest BCUT2D eigenvalue weighted by molar-refractivity contribution is 0.177. The van der Waals surface area contributed by atoms with E-state index in [-0.39, 0.29) is 18.7 Å². The number of amides is 2. The molecule has 4 nitrogen and oxygen atoms in total. The van der Waals surface area contributed by atoms with Gasteiger partial charge in [-0.15, -0.1) is 0 Å². The van der Waals surface area contributed by atoms with Crippen molar-refractivity contribution in [2.75, 3.05) is 19.7 Å². The van der Waals surface area contributed by atoms with Gasteiger partial charge >= 0.3 is 6.03 Å². The van der Waals surface area contributed by atoms with E-state index < -0.39 is 0 Å². The van der Waals surface area contributed by atoms with E-state index in [1.54, 1.807) is 4.90 Å². The summed E-state index contributed by atoms with van der Waals surface area (Å²) in [5, 5.41) is 11.9. The van der Waals surface area contributed by atoms with Gasteiger partial charge in [0.05, 0.1) is 6.61 Å². The van der Waals surface area contributed by atoms with E-state index in [2.05, 4.69) is 12.2 Å². The summed E-state index contributed by atoms with van der Waals surface area (Å²) in [7, 11) is 0. The zero-order chi connectivity index (χ0) is 13.4. The number of aliphatic hydroxyl groups excluding tert-OH is 1. The summed E-state index contributed by atoms with van der Waals surface area (Å²) in [5.74, 6) is 0.879. The van der Waals surface area contributed by atoms with Gasteiger partial charge in [0.15, 0.2) is 0 Å². The fraction of sp³-hybridized carbons (Fsp3) is 0.929. The predicted molar refractivity (Wildman–Crippen MR) is 73.5 cm³/mol. The second-order valence-electron chi connectivity index (χ2n) is 5.38. The standard InChI is InChI=1S/C14H28N2O2/c1-3-16(10-11-17)14(18)15-12(2)8-9-13-6-4-5-7-13/h12-13,17H,3-11H2,1-2H3,(H,15,18). The summed E-state index contributed by atoms with van der Waals surface area (Å²) >= 11 is 0. The molecular formula is C14H28N2O2. The van der Waals surface area contributed by atoms with E-state index in [1.807, 2.05) is 6.92 Å². The number of likely N-dealkylation sites (N-methyl/N-ethyl adjacent to an activating group) is 1. The average Bonchev–Trinajstić information content (AvgIpc) is 2.86. The highest BCUT2D eigenvalue weighted by atomic mass is 16.3. The van der Waals surface area contributed by atoms with Crippen LogP contribution in [0.5, 0.6) is 0 Å². The van der Waals surface area contributed by atoms with Gasteiger partial charge in [-0.3, -0.25) is 0 Å². The van der Waals surface area contributed by atoms with Gasteiger partial charge in [0.25, 0.3) is 0 Å². The molecule has 0 aromatic heterocycles. The Hall–Kier alpha value is -0.770. The first-order valence-electron chi connectivity index (χ1n) is 7.33. The minimum Gasteiger partial charge on any atom is -0.395 e. The van der Waals surface area contributed by atoms with Crippen molar-refractivity contribution in [3.8, 4) is 0 Å². The van der Waals surface area contributed by atoms with Gasteiger partial charge in [0, 0.05) is 19.1 Å². The summed E-state index contributed by atoms with van der Waals surface area (Å²) in [6.45, 7) is 5.08. The van der Waals surface area contributed by atoms with Crippen molar-refractivity contribution in [3.05, 3.63) is 0 Å². The molecule has 0 heterocycles. The van der Waals surface area contributed by atoms with Crippen molar-refractivity contribution >= 4 is 6.03 Å². The number of urea groups is 1. The number of carbonyl (C=O) groups is 1. The minimum absolute atomic E-state index is 0.0255. The molecule has 0 bridgehead atoms. The SMILES string of the molecule is CCN(CCO)C(=O)NC(C)CCC1CCCC1. The monoisotopic (exact) mass is 256 g/mol. The molecule has 4 heteroatoms. The molecule has 1 atom stereocenters. The van der Waals surface area contributed by atoms with Crippen molar-refractivity contribution in [2.45, 2.75) is 58.4 Å². The van der Waals surface area contributed by atoms with Crippen LogP contribution >= 0.6 is 0 Å². The molecule has 2 amide bonds. The lowest BCUT2D eigenvalue weighted by atomic mass is 9.99. The Kier molecular flexibility index (Phi) is 7.09. The topological polar surface area (TPSA) is 52.6 Å². The molecule has 1 saturated carbocycles.